The minimum Gasteiger partial charge on any atom is -0.483 e. The fourth-order valence-electron chi connectivity index (χ4n) is 5.04. The number of rotatable bonds is 14. The Hall–Kier alpha value is -1.97. The summed E-state index contributed by atoms with van der Waals surface area (Å²) in [5.41, 5.74) is 3.90. The standard InChI is InChI=1S/C31H50O4/c1-9-10-11-17-27(30(32)33)34-28-23(5)24(6)29-26(25(28)7)18-20-31(8,35-29)19-13-16-22(4)15-12-14-21(2)3/h13,19,21-22,27H,9-12,14-18,20H2,1-8H3,(H,32,33). The lowest BCUT2D eigenvalue weighted by atomic mass is 9.86. The van der Waals surface area contributed by atoms with Crippen LogP contribution in [0.3, 0.4) is 0 Å². The van der Waals surface area contributed by atoms with Crippen LogP contribution in [-0.2, 0) is 11.2 Å². The fraction of sp³-hybridized carbons (Fsp3) is 0.710. The number of fused-ring (bicyclic) bond motifs is 1. The van der Waals surface area contributed by atoms with Gasteiger partial charge >= 0.3 is 5.97 Å². The Morgan fingerprint density at radius 3 is 2.40 bits per heavy atom. The second-order valence-corrected chi connectivity index (χ2v) is 11.4. The van der Waals surface area contributed by atoms with Crippen molar-refractivity contribution in [3.05, 3.63) is 34.4 Å². The topological polar surface area (TPSA) is 55.8 Å². The van der Waals surface area contributed by atoms with Crippen molar-refractivity contribution < 1.29 is 19.4 Å². The van der Waals surface area contributed by atoms with Gasteiger partial charge in [0, 0.05) is 5.56 Å². The number of benzene rings is 1. The predicted molar refractivity (Wildman–Crippen MR) is 146 cm³/mol. The van der Waals surface area contributed by atoms with Crippen molar-refractivity contribution in [2.45, 2.75) is 131 Å². The van der Waals surface area contributed by atoms with Crippen LogP contribution in [0.1, 0.15) is 115 Å². The smallest absolute Gasteiger partial charge is 0.344 e. The lowest BCUT2D eigenvalue weighted by Crippen LogP contribution is -2.35. The number of aliphatic carboxylic acids is 1. The summed E-state index contributed by atoms with van der Waals surface area (Å²) in [6.07, 6.45) is 14.0. The second kappa shape index (κ2) is 13.4. The average molecular weight is 487 g/mol. The molecule has 1 N–H and O–H groups in total. The van der Waals surface area contributed by atoms with Crippen LogP contribution in [0.15, 0.2) is 12.2 Å². The molecule has 0 aliphatic carbocycles. The number of hydrogen-bond acceptors (Lipinski definition) is 3. The molecule has 4 heteroatoms. The molecule has 4 nitrogen and oxygen atoms in total. The second-order valence-electron chi connectivity index (χ2n) is 11.4. The monoisotopic (exact) mass is 486 g/mol. The summed E-state index contributed by atoms with van der Waals surface area (Å²) in [4.78, 5) is 11.9. The molecule has 3 atom stereocenters. The normalized spacial score (nSPS) is 19.5. The first kappa shape index (κ1) is 29.3. The molecule has 1 aromatic carbocycles. The third-order valence-corrected chi connectivity index (χ3v) is 7.61. The first-order valence-corrected chi connectivity index (χ1v) is 13.9. The van der Waals surface area contributed by atoms with E-state index in [-0.39, 0.29) is 5.60 Å². The van der Waals surface area contributed by atoms with Crippen molar-refractivity contribution in [3.8, 4) is 11.5 Å². The van der Waals surface area contributed by atoms with Gasteiger partial charge in [-0.05, 0) is 94.4 Å². The molecular weight excluding hydrogens is 436 g/mol. The third kappa shape index (κ3) is 8.29. The molecule has 0 bridgehead atoms. The first-order chi connectivity index (χ1) is 16.5. The molecule has 1 aliphatic rings. The maximum Gasteiger partial charge on any atom is 0.344 e. The highest BCUT2D eigenvalue weighted by Gasteiger charge is 2.33. The molecule has 0 saturated carbocycles. The molecule has 0 aromatic heterocycles. The zero-order valence-electron chi connectivity index (χ0n) is 23.6. The number of ether oxygens (including phenoxy) is 2. The van der Waals surface area contributed by atoms with E-state index in [2.05, 4.69) is 53.7 Å². The Labute approximate surface area is 214 Å². The van der Waals surface area contributed by atoms with Crippen molar-refractivity contribution in [1.82, 2.24) is 0 Å². The van der Waals surface area contributed by atoms with Gasteiger partial charge < -0.3 is 14.6 Å². The molecule has 0 amide bonds. The van der Waals surface area contributed by atoms with Gasteiger partial charge in [-0.3, -0.25) is 0 Å². The van der Waals surface area contributed by atoms with Gasteiger partial charge in [-0.1, -0.05) is 65.9 Å². The zero-order chi connectivity index (χ0) is 26.2. The minimum atomic E-state index is -0.886. The van der Waals surface area contributed by atoms with Gasteiger partial charge in [-0.2, -0.15) is 0 Å². The van der Waals surface area contributed by atoms with Gasteiger partial charge in [0.25, 0.3) is 0 Å². The van der Waals surface area contributed by atoms with Crippen molar-refractivity contribution in [2.75, 3.05) is 0 Å². The third-order valence-electron chi connectivity index (χ3n) is 7.61. The summed E-state index contributed by atoms with van der Waals surface area (Å²) < 4.78 is 12.8. The predicted octanol–water partition coefficient (Wildman–Crippen LogP) is 8.52. The number of carbonyl (C=O) groups is 1. The first-order valence-electron chi connectivity index (χ1n) is 13.9. The summed E-state index contributed by atoms with van der Waals surface area (Å²) in [5.74, 6) is 2.26. The van der Waals surface area contributed by atoms with Gasteiger partial charge in [0.05, 0.1) is 0 Å². The van der Waals surface area contributed by atoms with Crippen LogP contribution in [0, 0.1) is 32.6 Å². The molecular formula is C31H50O4. The van der Waals surface area contributed by atoms with E-state index in [4.69, 9.17) is 9.47 Å². The van der Waals surface area contributed by atoms with Crippen LogP contribution in [0.5, 0.6) is 11.5 Å². The zero-order valence-corrected chi connectivity index (χ0v) is 23.6. The molecule has 3 unspecified atom stereocenters. The van der Waals surface area contributed by atoms with Crippen LogP contribution in [-0.4, -0.2) is 22.8 Å². The lowest BCUT2D eigenvalue weighted by Gasteiger charge is -2.36. The maximum atomic E-state index is 11.9. The van der Waals surface area contributed by atoms with Crippen LogP contribution in [0.25, 0.3) is 0 Å². The van der Waals surface area contributed by atoms with Crippen LogP contribution >= 0.6 is 0 Å². The van der Waals surface area contributed by atoms with E-state index in [1.807, 2.05) is 13.8 Å². The van der Waals surface area contributed by atoms with Gasteiger partial charge in [0.2, 0.25) is 0 Å². The highest BCUT2D eigenvalue weighted by atomic mass is 16.5. The Bertz CT molecular complexity index is 869. The van der Waals surface area contributed by atoms with Gasteiger partial charge in [0.1, 0.15) is 17.1 Å². The highest BCUT2D eigenvalue weighted by Crippen LogP contribution is 2.44. The Balaban J connectivity index is 2.14. The lowest BCUT2D eigenvalue weighted by molar-refractivity contribution is -0.145. The van der Waals surface area contributed by atoms with E-state index in [9.17, 15) is 9.90 Å². The molecule has 0 radical (unpaired) electrons. The van der Waals surface area contributed by atoms with Crippen molar-refractivity contribution in [3.63, 3.8) is 0 Å². The molecule has 35 heavy (non-hydrogen) atoms. The number of carboxylic acid groups (broad SMARTS) is 1. The van der Waals surface area contributed by atoms with Crippen LogP contribution < -0.4 is 9.47 Å². The van der Waals surface area contributed by atoms with Gasteiger partial charge in [0.15, 0.2) is 6.10 Å². The van der Waals surface area contributed by atoms with Gasteiger partial charge in [-0.25, -0.2) is 4.79 Å². The van der Waals surface area contributed by atoms with E-state index in [1.165, 1.54) is 19.3 Å². The van der Waals surface area contributed by atoms with E-state index >= 15 is 0 Å². The highest BCUT2D eigenvalue weighted by molar-refractivity contribution is 5.73. The summed E-state index contributed by atoms with van der Waals surface area (Å²) in [7, 11) is 0. The summed E-state index contributed by atoms with van der Waals surface area (Å²) in [6, 6.07) is 0. The quantitative estimate of drug-likeness (QED) is 0.211. The number of hydrogen-bond donors (Lipinski definition) is 1. The average Bonchev–Trinajstić information content (AvgIpc) is 2.78. The van der Waals surface area contributed by atoms with Crippen molar-refractivity contribution in [2.24, 2.45) is 11.8 Å². The molecule has 0 fully saturated rings. The molecule has 0 saturated heterocycles. The minimum absolute atomic E-state index is 0.319. The largest absolute Gasteiger partial charge is 0.483 e. The van der Waals surface area contributed by atoms with E-state index in [0.717, 1.165) is 78.2 Å². The number of carboxylic acids is 1. The summed E-state index contributed by atoms with van der Waals surface area (Å²) in [5, 5.41) is 9.73. The van der Waals surface area contributed by atoms with Gasteiger partial charge in [-0.15, -0.1) is 0 Å². The number of allylic oxidation sites excluding steroid dienone is 1. The summed E-state index contributed by atoms with van der Waals surface area (Å²) >= 11 is 0. The van der Waals surface area contributed by atoms with Crippen LogP contribution in [0.2, 0.25) is 0 Å². The molecule has 1 aromatic rings. The Kier molecular flexibility index (Phi) is 11.2. The van der Waals surface area contributed by atoms with E-state index in [0.29, 0.717) is 12.3 Å². The molecule has 1 heterocycles. The Morgan fingerprint density at radius 1 is 1.06 bits per heavy atom. The number of unbranched alkanes of at least 4 members (excludes halogenated alkanes) is 2. The maximum absolute atomic E-state index is 11.9. The fourth-order valence-corrected chi connectivity index (χ4v) is 5.04. The van der Waals surface area contributed by atoms with Crippen molar-refractivity contribution in [1.29, 1.82) is 0 Å². The molecule has 1 aliphatic heterocycles. The van der Waals surface area contributed by atoms with Crippen molar-refractivity contribution >= 4 is 5.97 Å². The molecule has 2 rings (SSSR count). The molecule has 198 valence electrons. The van der Waals surface area contributed by atoms with E-state index < -0.39 is 12.1 Å². The SMILES string of the molecule is CCCCCC(Oc1c(C)c(C)c2c(c1C)CCC(C)(C=CCC(C)CCCC(C)C)O2)C(=O)O. The van der Waals surface area contributed by atoms with E-state index in [1.54, 1.807) is 0 Å². The Morgan fingerprint density at radius 2 is 1.77 bits per heavy atom. The van der Waals surface area contributed by atoms with Crippen LogP contribution in [0.4, 0.5) is 0 Å². The summed E-state index contributed by atoms with van der Waals surface area (Å²) in [6.45, 7) is 17.4. The molecule has 0 spiro atoms.